The van der Waals surface area contributed by atoms with Gasteiger partial charge in [-0.1, -0.05) is 83.9 Å². The molecule has 0 aliphatic heterocycles. The van der Waals surface area contributed by atoms with Crippen LogP contribution >= 0.6 is 34.7 Å². The number of nitrogens with one attached hydrogen (secondary N) is 2. The number of aromatic nitrogens is 1. The number of nitrogens with zero attached hydrogens (tertiary/aromatic N) is 1. The fraction of sp³-hybridized carbons (Fsp3) is 0.0938. The summed E-state index contributed by atoms with van der Waals surface area (Å²) in [7, 11) is 0. The maximum Gasteiger partial charge on any atom is 0.255 e. The van der Waals surface area contributed by atoms with Crippen molar-refractivity contribution in [1.82, 2.24) is 4.98 Å². The van der Waals surface area contributed by atoms with Crippen LogP contribution in [-0.2, 0) is 4.79 Å². The van der Waals surface area contributed by atoms with Crippen LogP contribution in [0, 0.1) is 13.8 Å². The highest BCUT2D eigenvalue weighted by Crippen LogP contribution is 2.38. The number of benzene rings is 4. The van der Waals surface area contributed by atoms with Crippen molar-refractivity contribution in [3.63, 3.8) is 0 Å². The third-order valence-corrected chi connectivity index (χ3v) is 8.49. The zero-order valence-corrected chi connectivity index (χ0v) is 24.2. The normalized spacial score (nSPS) is 11.6. The van der Waals surface area contributed by atoms with Gasteiger partial charge in [-0.2, -0.15) is 0 Å². The Morgan fingerprint density at radius 1 is 0.850 bits per heavy atom. The molecule has 1 aromatic heterocycles. The molecule has 0 aliphatic carbocycles. The SMILES string of the molecule is Cc1ccc(-c2nc(NC(=O)C(Sc3cccc(NC(=O)c4cccc(Cl)c4)c3)c3ccccc3)sc2C)cc1. The number of rotatable bonds is 8. The first kappa shape index (κ1) is 27.6. The van der Waals surface area contributed by atoms with Gasteiger partial charge in [0.1, 0.15) is 5.25 Å². The van der Waals surface area contributed by atoms with E-state index in [-0.39, 0.29) is 11.8 Å². The topological polar surface area (TPSA) is 71.1 Å². The van der Waals surface area contributed by atoms with Crippen molar-refractivity contribution in [1.29, 1.82) is 0 Å². The first-order chi connectivity index (χ1) is 19.4. The molecule has 1 heterocycles. The predicted octanol–water partition coefficient (Wildman–Crippen LogP) is 8.80. The summed E-state index contributed by atoms with van der Waals surface area (Å²) in [4.78, 5) is 33.0. The van der Waals surface area contributed by atoms with E-state index in [4.69, 9.17) is 16.6 Å². The molecule has 200 valence electrons. The standard InChI is InChI=1S/C32H26ClN3O2S2/c1-20-14-16-22(17-15-20)28-21(2)39-32(35-28)36-31(38)29(23-8-4-3-5-9-23)40-27-13-7-12-26(19-27)34-30(37)24-10-6-11-25(33)18-24/h3-19,29H,1-2H3,(H,34,37)(H,35,36,38). The molecule has 1 unspecified atom stereocenters. The van der Waals surface area contributed by atoms with E-state index in [1.54, 1.807) is 24.3 Å². The zero-order valence-electron chi connectivity index (χ0n) is 21.9. The van der Waals surface area contributed by atoms with Gasteiger partial charge in [0.2, 0.25) is 5.91 Å². The van der Waals surface area contributed by atoms with Crippen molar-refractivity contribution in [3.8, 4) is 11.3 Å². The molecule has 2 N–H and O–H groups in total. The van der Waals surface area contributed by atoms with Crippen LogP contribution in [0.25, 0.3) is 11.3 Å². The summed E-state index contributed by atoms with van der Waals surface area (Å²) in [5, 5.41) is 6.48. The van der Waals surface area contributed by atoms with E-state index < -0.39 is 5.25 Å². The molecule has 0 aliphatic rings. The molecule has 40 heavy (non-hydrogen) atoms. The number of amides is 2. The van der Waals surface area contributed by atoms with E-state index in [1.165, 1.54) is 28.7 Å². The van der Waals surface area contributed by atoms with Crippen LogP contribution in [0.5, 0.6) is 0 Å². The van der Waals surface area contributed by atoms with Gasteiger partial charge in [0.05, 0.1) is 5.69 Å². The fourth-order valence-corrected chi connectivity index (χ4v) is 6.23. The predicted molar refractivity (Wildman–Crippen MR) is 167 cm³/mol. The Morgan fingerprint density at radius 2 is 1.60 bits per heavy atom. The Kier molecular flexibility index (Phi) is 8.65. The lowest BCUT2D eigenvalue weighted by molar-refractivity contribution is -0.115. The highest BCUT2D eigenvalue weighted by Gasteiger charge is 2.24. The minimum Gasteiger partial charge on any atom is -0.322 e. The number of halogens is 1. The fourth-order valence-electron chi connectivity index (χ4n) is 4.12. The van der Waals surface area contributed by atoms with Gasteiger partial charge in [-0.3, -0.25) is 9.59 Å². The summed E-state index contributed by atoms with van der Waals surface area (Å²) < 4.78 is 0. The molecular weight excluding hydrogens is 558 g/mol. The van der Waals surface area contributed by atoms with E-state index in [0.717, 1.165) is 26.6 Å². The lowest BCUT2D eigenvalue weighted by Gasteiger charge is -2.17. The van der Waals surface area contributed by atoms with E-state index in [0.29, 0.717) is 21.4 Å². The second-order valence-electron chi connectivity index (χ2n) is 9.18. The molecule has 2 amide bonds. The maximum atomic E-state index is 13.7. The molecule has 0 fully saturated rings. The Hall–Kier alpha value is -3.91. The van der Waals surface area contributed by atoms with Gasteiger partial charge in [0.15, 0.2) is 5.13 Å². The summed E-state index contributed by atoms with van der Waals surface area (Å²) in [6.45, 7) is 4.06. The van der Waals surface area contributed by atoms with Crippen LogP contribution in [-0.4, -0.2) is 16.8 Å². The summed E-state index contributed by atoms with van der Waals surface area (Å²) in [5.74, 6) is -0.431. The summed E-state index contributed by atoms with van der Waals surface area (Å²) in [6, 6.07) is 32.1. The van der Waals surface area contributed by atoms with Crippen LogP contribution in [0.4, 0.5) is 10.8 Å². The maximum absolute atomic E-state index is 13.7. The number of hydrogen-bond donors (Lipinski definition) is 2. The van der Waals surface area contributed by atoms with Gasteiger partial charge < -0.3 is 10.6 Å². The van der Waals surface area contributed by atoms with Gasteiger partial charge in [0, 0.05) is 31.6 Å². The quantitative estimate of drug-likeness (QED) is 0.179. The number of thiazole rings is 1. The van der Waals surface area contributed by atoms with Gasteiger partial charge in [-0.15, -0.1) is 23.1 Å². The van der Waals surface area contributed by atoms with E-state index >= 15 is 0 Å². The number of anilines is 2. The van der Waals surface area contributed by atoms with Crippen molar-refractivity contribution in [2.75, 3.05) is 10.6 Å². The van der Waals surface area contributed by atoms with Crippen LogP contribution < -0.4 is 10.6 Å². The molecule has 5 nitrogen and oxygen atoms in total. The van der Waals surface area contributed by atoms with Crippen molar-refractivity contribution in [2.24, 2.45) is 0 Å². The highest BCUT2D eigenvalue weighted by molar-refractivity contribution is 8.00. The molecule has 0 saturated heterocycles. The monoisotopic (exact) mass is 583 g/mol. The van der Waals surface area contributed by atoms with Gasteiger partial charge in [0.25, 0.3) is 5.91 Å². The molecule has 5 rings (SSSR count). The van der Waals surface area contributed by atoms with Gasteiger partial charge in [-0.25, -0.2) is 4.98 Å². The lowest BCUT2D eigenvalue weighted by Crippen LogP contribution is -2.19. The van der Waals surface area contributed by atoms with Crippen molar-refractivity contribution >= 4 is 57.3 Å². The lowest BCUT2D eigenvalue weighted by atomic mass is 10.1. The largest absolute Gasteiger partial charge is 0.322 e. The van der Waals surface area contributed by atoms with Gasteiger partial charge in [-0.05, 0) is 55.8 Å². The van der Waals surface area contributed by atoms with Gasteiger partial charge >= 0.3 is 0 Å². The number of carbonyl (C=O) groups is 2. The van der Waals surface area contributed by atoms with Crippen LogP contribution in [0.1, 0.15) is 31.6 Å². The number of carbonyl (C=O) groups excluding carboxylic acids is 2. The molecule has 1 atom stereocenters. The zero-order chi connectivity index (χ0) is 28.1. The van der Waals surface area contributed by atoms with E-state index in [9.17, 15) is 9.59 Å². The van der Waals surface area contributed by atoms with Crippen molar-refractivity contribution in [3.05, 3.63) is 130 Å². The van der Waals surface area contributed by atoms with Crippen molar-refractivity contribution in [2.45, 2.75) is 24.0 Å². The molecular formula is C32H26ClN3O2S2. The first-order valence-electron chi connectivity index (χ1n) is 12.6. The molecule has 0 radical (unpaired) electrons. The minimum absolute atomic E-state index is 0.172. The third-order valence-electron chi connectivity index (χ3n) is 6.12. The van der Waals surface area contributed by atoms with Crippen LogP contribution in [0.15, 0.2) is 108 Å². The summed E-state index contributed by atoms with van der Waals surface area (Å²) >= 11 is 8.91. The number of hydrogen-bond acceptors (Lipinski definition) is 5. The molecule has 8 heteroatoms. The second kappa shape index (κ2) is 12.5. The summed E-state index contributed by atoms with van der Waals surface area (Å²) in [5.41, 5.74) is 5.03. The Bertz CT molecular complexity index is 1650. The Balaban J connectivity index is 1.35. The molecule has 0 saturated carbocycles. The van der Waals surface area contributed by atoms with E-state index in [1.807, 2.05) is 80.6 Å². The average Bonchev–Trinajstić information content (AvgIpc) is 3.32. The number of aryl methyl sites for hydroxylation is 2. The summed E-state index contributed by atoms with van der Waals surface area (Å²) in [6.07, 6.45) is 0. The van der Waals surface area contributed by atoms with Crippen LogP contribution in [0.2, 0.25) is 5.02 Å². The minimum atomic E-state index is -0.535. The van der Waals surface area contributed by atoms with E-state index in [2.05, 4.69) is 22.8 Å². The average molecular weight is 584 g/mol. The highest BCUT2D eigenvalue weighted by atomic mass is 35.5. The molecule has 5 aromatic rings. The number of thioether (sulfide) groups is 1. The second-order valence-corrected chi connectivity index (χ2v) is 12.0. The molecule has 0 spiro atoms. The Morgan fingerprint density at radius 3 is 2.35 bits per heavy atom. The van der Waals surface area contributed by atoms with Crippen molar-refractivity contribution < 1.29 is 9.59 Å². The molecule has 4 aromatic carbocycles. The third kappa shape index (κ3) is 6.80. The smallest absolute Gasteiger partial charge is 0.255 e. The first-order valence-corrected chi connectivity index (χ1v) is 14.7. The molecule has 0 bridgehead atoms. The Labute approximate surface area is 246 Å². The van der Waals surface area contributed by atoms with Crippen LogP contribution in [0.3, 0.4) is 0 Å².